The SMILES string of the molecule is CC(=O)c1ccc(NC(=O)C[NH+]2CCN(c3ccc(F)cc3)CC2)cc1. The van der Waals surface area contributed by atoms with Crippen LogP contribution in [-0.2, 0) is 4.79 Å². The first-order valence-electron chi connectivity index (χ1n) is 8.76. The van der Waals surface area contributed by atoms with Gasteiger partial charge < -0.3 is 15.1 Å². The minimum atomic E-state index is -0.231. The zero-order chi connectivity index (χ0) is 18.5. The van der Waals surface area contributed by atoms with Gasteiger partial charge in [-0.1, -0.05) is 0 Å². The maximum atomic E-state index is 13.0. The van der Waals surface area contributed by atoms with Crippen LogP contribution >= 0.6 is 0 Å². The molecule has 1 amide bonds. The first-order valence-corrected chi connectivity index (χ1v) is 8.76. The zero-order valence-electron chi connectivity index (χ0n) is 14.8. The molecule has 3 rings (SSSR count). The minimum absolute atomic E-state index is 0.00588. The second-order valence-electron chi connectivity index (χ2n) is 6.57. The number of amides is 1. The molecule has 0 spiro atoms. The van der Waals surface area contributed by atoms with E-state index in [2.05, 4.69) is 10.2 Å². The molecule has 0 atom stereocenters. The molecule has 0 bridgehead atoms. The number of ketones is 1. The number of halogens is 1. The molecule has 2 aromatic carbocycles. The molecule has 1 aliphatic rings. The number of quaternary nitrogens is 1. The molecular formula is C20H23FN3O2+. The molecule has 6 heteroatoms. The van der Waals surface area contributed by atoms with Crippen LogP contribution in [0.5, 0.6) is 0 Å². The third kappa shape index (κ3) is 4.67. The van der Waals surface area contributed by atoms with Crippen molar-refractivity contribution in [1.29, 1.82) is 0 Å². The van der Waals surface area contributed by atoms with Crippen molar-refractivity contribution < 1.29 is 18.9 Å². The molecule has 1 aliphatic heterocycles. The molecule has 5 nitrogen and oxygen atoms in total. The highest BCUT2D eigenvalue weighted by molar-refractivity contribution is 5.95. The summed E-state index contributed by atoms with van der Waals surface area (Å²) in [5.74, 6) is -0.261. The van der Waals surface area contributed by atoms with E-state index in [0.717, 1.165) is 31.9 Å². The van der Waals surface area contributed by atoms with Crippen molar-refractivity contribution in [3.05, 3.63) is 59.9 Å². The van der Waals surface area contributed by atoms with Gasteiger partial charge in [-0.15, -0.1) is 0 Å². The molecule has 2 aromatic rings. The molecule has 1 fully saturated rings. The summed E-state index contributed by atoms with van der Waals surface area (Å²) in [5, 5.41) is 2.88. The van der Waals surface area contributed by atoms with Gasteiger partial charge in [0.05, 0.1) is 26.2 Å². The fraction of sp³-hybridized carbons (Fsp3) is 0.300. The molecule has 1 saturated heterocycles. The monoisotopic (exact) mass is 356 g/mol. The molecule has 0 aromatic heterocycles. The van der Waals surface area contributed by atoms with Crippen molar-refractivity contribution in [2.45, 2.75) is 6.92 Å². The first-order chi connectivity index (χ1) is 12.5. The van der Waals surface area contributed by atoms with E-state index in [1.807, 2.05) is 0 Å². The Labute approximate surface area is 152 Å². The standard InChI is InChI=1S/C20H22FN3O2/c1-15(25)16-2-6-18(7-3-16)22-20(26)14-23-10-12-24(13-11-23)19-8-4-17(21)5-9-19/h2-9H,10-14H2,1H3,(H,22,26)/p+1. The molecule has 0 radical (unpaired) electrons. The summed E-state index contributed by atoms with van der Waals surface area (Å²) < 4.78 is 13.0. The van der Waals surface area contributed by atoms with Gasteiger partial charge >= 0.3 is 0 Å². The topological polar surface area (TPSA) is 53.9 Å². The van der Waals surface area contributed by atoms with Gasteiger partial charge in [-0.2, -0.15) is 0 Å². The van der Waals surface area contributed by atoms with Gasteiger partial charge in [0.15, 0.2) is 12.3 Å². The van der Waals surface area contributed by atoms with Crippen LogP contribution < -0.4 is 15.1 Å². The molecule has 26 heavy (non-hydrogen) atoms. The highest BCUT2D eigenvalue weighted by Crippen LogP contribution is 2.14. The zero-order valence-corrected chi connectivity index (χ0v) is 14.8. The Kier molecular flexibility index (Phi) is 5.63. The quantitative estimate of drug-likeness (QED) is 0.796. The van der Waals surface area contributed by atoms with Crippen LogP contribution in [-0.4, -0.2) is 44.4 Å². The van der Waals surface area contributed by atoms with Gasteiger partial charge in [0.1, 0.15) is 5.82 Å². The number of carbonyl (C=O) groups is 2. The van der Waals surface area contributed by atoms with Gasteiger partial charge in [0.25, 0.3) is 5.91 Å². The van der Waals surface area contributed by atoms with E-state index in [-0.39, 0.29) is 17.5 Å². The molecular weight excluding hydrogens is 333 g/mol. The summed E-state index contributed by atoms with van der Waals surface area (Å²) in [4.78, 5) is 26.9. The number of rotatable bonds is 5. The highest BCUT2D eigenvalue weighted by Gasteiger charge is 2.22. The van der Waals surface area contributed by atoms with Gasteiger partial charge in [0.2, 0.25) is 0 Å². The number of hydrogen-bond acceptors (Lipinski definition) is 3. The summed E-state index contributed by atoms with van der Waals surface area (Å²) in [6, 6.07) is 13.4. The second kappa shape index (κ2) is 8.10. The number of Topliss-reactive ketones (excluding diaryl/α,β-unsaturated/α-hetero) is 1. The van der Waals surface area contributed by atoms with Crippen molar-refractivity contribution in [3.63, 3.8) is 0 Å². The van der Waals surface area contributed by atoms with Crippen molar-refractivity contribution >= 4 is 23.1 Å². The molecule has 0 saturated carbocycles. The first kappa shape index (κ1) is 18.1. The van der Waals surface area contributed by atoms with E-state index in [0.29, 0.717) is 17.8 Å². The van der Waals surface area contributed by atoms with Crippen molar-refractivity contribution in [1.82, 2.24) is 0 Å². The lowest BCUT2D eigenvalue weighted by atomic mass is 10.1. The Balaban J connectivity index is 1.47. The van der Waals surface area contributed by atoms with E-state index in [4.69, 9.17) is 0 Å². The molecule has 1 heterocycles. The van der Waals surface area contributed by atoms with Crippen LogP contribution in [0.25, 0.3) is 0 Å². The van der Waals surface area contributed by atoms with Gasteiger partial charge in [-0.25, -0.2) is 4.39 Å². The van der Waals surface area contributed by atoms with Crippen molar-refractivity contribution in [2.24, 2.45) is 0 Å². The van der Waals surface area contributed by atoms with Crippen molar-refractivity contribution in [2.75, 3.05) is 42.9 Å². The Hall–Kier alpha value is -2.73. The summed E-state index contributed by atoms with van der Waals surface area (Å²) in [7, 11) is 0. The highest BCUT2D eigenvalue weighted by atomic mass is 19.1. The van der Waals surface area contributed by atoms with Crippen LogP contribution in [0.2, 0.25) is 0 Å². The van der Waals surface area contributed by atoms with Crippen LogP contribution in [0, 0.1) is 5.82 Å². The maximum Gasteiger partial charge on any atom is 0.279 e. The Morgan fingerprint density at radius 3 is 2.23 bits per heavy atom. The molecule has 136 valence electrons. The lowest BCUT2D eigenvalue weighted by molar-refractivity contribution is -0.892. The number of anilines is 2. The minimum Gasteiger partial charge on any atom is -0.360 e. The van der Waals surface area contributed by atoms with E-state index in [1.165, 1.54) is 24.0 Å². The predicted molar refractivity (Wildman–Crippen MR) is 99.3 cm³/mol. The fourth-order valence-electron chi connectivity index (χ4n) is 3.13. The number of carbonyl (C=O) groups excluding carboxylic acids is 2. The van der Waals surface area contributed by atoms with Crippen LogP contribution in [0.3, 0.4) is 0 Å². The number of nitrogens with one attached hydrogen (secondary N) is 2. The van der Waals surface area contributed by atoms with Gasteiger partial charge in [0, 0.05) is 16.9 Å². The number of nitrogens with zero attached hydrogens (tertiary/aromatic N) is 1. The second-order valence-corrected chi connectivity index (χ2v) is 6.57. The molecule has 0 unspecified atom stereocenters. The normalized spacial score (nSPS) is 14.9. The van der Waals surface area contributed by atoms with Crippen molar-refractivity contribution in [3.8, 4) is 0 Å². The van der Waals surface area contributed by atoms with Crippen LogP contribution in [0.15, 0.2) is 48.5 Å². The third-order valence-corrected chi connectivity index (χ3v) is 4.65. The summed E-state index contributed by atoms with van der Waals surface area (Å²) in [6.07, 6.45) is 0. The smallest absolute Gasteiger partial charge is 0.279 e. The van der Waals surface area contributed by atoms with Gasteiger partial charge in [-0.05, 0) is 55.5 Å². The Bertz CT molecular complexity index is 767. The van der Waals surface area contributed by atoms with Crippen LogP contribution in [0.1, 0.15) is 17.3 Å². The lowest BCUT2D eigenvalue weighted by Gasteiger charge is -2.33. The number of benzene rings is 2. The lowest BCUT2D eigenvalue weighted by Crippen LogP contribution is -3.15. The summed E-state index contributed by atoms with van der Waals surface area (Å²) in [6.45, 7) is 5.31. The van der Waals surface area contributed by atoms with E-state index in [1.54, 1.807) is 36.4 Å². The van der Waals surface area contributed by atoms with E-state index >= 15 is 0 Å². The fourth-order valence-corrected chi connectivity index (χ4v) is 3.13. The Morgan fingerprint density at radius 1 is 1.04 bits per heavy atom. The predicted octanol–water partition coefficient (Wildman–Crippen LogP) is 1.37. The summed E-state index contributed by atoms with van der Waals surface area (Å²) in [5.41, 5.74) is 2.34. The van der Waals surface area contributed by atoms with E-state index < -0.39 is 0 Å². The summed E-state index contributed by atoms with van der Waals surface area (Å²) >= 11 is 0. The van der Waals surface area contributed by atoms with Gasteiger partial charge in [-0.3, -0.25) is 9.59 Å². The third-order valence-electron chi connectivity index (χ3n) is 4.65. The average Bonchev–Trinajstić information content (AvgIpc) is 2.63. The van der Waals surface area contributed by atoms with E-state index in [9.17, 15) is 14.0 Å². The molecule has 2 N–H and O–H groups in total. The maximum absolute atomic E-state index is 13.0. The average molecular weight is 356 g/mol. The largest absolute Gasteiger partial charge is 0.360 e. The Morgan fingerprint density at radius 2 is 1.65 bits per heavy atom. The number of hydrogen-bond donors (Lipinski definition) is 2. The molecule has 0 aliphatic carbocycles. The van der Waals surface area contributed by atoms with Crippen LogP contribution in [0.4, 0.5) is 15.8 Å². The number of piperazine rings is 1.